The summed E-state index contributed by atoms with van der Waals surface area (Å²) in [4.78, 5) is 22.3. The summed E-state index contributed by atoms with van der Waals surface area (Å²) in [6.45, 7) is 0. The SMILES string of the molecule is O=C(O)CC1C(=O)Nc2cc(Cl)c(Cl)c(Cl)c21. The smallest absolute Gasteiger partial charge is 0.304 e. The van der Waals surface area contributed by atoms with Crippen LogP contribution in [0.1, 0.15) is 17.9 Å². The highest BCUT2D eigenvalue weighted by Gasteiger charge is 2.35. The van der Waals surface area contributed by atoms with Crippen molar-refractivity contribution in [1.82, 2.24) is 0 Å². The molecule has 0 spiro atoms. The van der Waals surface area contributed by atoms with Crippen LogP contribution in [0.15, 0.2) is 6.07 Å². The number of rotatable bonds is 2. The van der Waals surface area contributed by atoms with E-state index in [-0.39, 0.29) is 21.5 Å². The summed E-state index contributed by atoms with van der Waals surface area (Å²) in [5.41, 5.74) is 0.814. The Kier molecular flexibility index (Phi) is 3.21. The number of fused-ring (bicyclic) bond motifs is 1. The molecule has 7 heteroatoms. The maximum atomic E-state index is 11.6. The van der Waals surface area contributed by atoms with E-state index in [1.165, 1.54) is 6.07 Å². The molecule has 4 nitrogen and oxygen atoms in total. The fraction of sp³-hybridized carbons (Fsp3) is 0.200. The van der Waals surface area contributed by atoms with Crippen LogP contribution in [0.5, 0.6) is 0 Å². The summed E-state index contributed by atoms with van der Waals surface area (Å²) in [6.07, 6.45) is -0.337. The molecular weight excluding hydrogens is 288 g/mol. The summed E-state index contributed by atoms with van der Waals surface area (Å²) in [5, 5.41) is 11.7. The molecule has 90 valence electrons. The number of carboxylic acid groups (broad SMARTS) is 1. The molecule has 0 aromatic heterocycles. The maximum absolute atomic E-state index is 11.6. The fourth-order valence-electron chi connectivity index (χ4n) is 1.77. The molecule has 0 aliphatic carbocycles. The van der Waals surface area contributed by atoms with E-state index in [1.54, 1.807) is 0 Å². The first-order valence-electron chi connectivity index (χ1n) is 4.62. The van der Waals surface area contributed by atoms with Gasteiger partial charge in [-0.15, -0.1) is 0 Å². The molecule has 17 heavy (non-hydrogen) atoms. The zero-order chi connectivity index (χ0) is 12.7. The van der Waals surface area contributed by atoms with Crippen molar-refractivity contribution in [2.24, 2.45) is 0 Å². The molecule has 2 N–H and O–H groups in total. The Bertz CT molecular complexity index is 530. The van der Waals surface area contributed by atoms with Crippen molar-refractivity contribution < 1.29 is 14.7 Å². The summed E-state index contributed by atoms with van der Waals surface area (Å²) >= 11 is 17.7. The number of carboxylic acids is 1. The van der Waals surface area contributed by atoms with E-state index in [4.69, 9.17) is 39.9 Å². The highest BCUT2D eigenvalue weighted by atomic mass is 35.5. The molecule has 1 aromatic carbocycles. The molecule has 0 fully saturated rings. The maximum Gasteiger partial charge on any atom is 0.304 e. The van der Waals surface area contributed by atoms with Crippen LogP contribution in [0, 0.1) is 0 Å². The number of carbonyl (C=O) groups excluding carboxylic acids is 1. The van der Waals surface area contributed by atoms with Gasteiger partial charge in [0, 0.05) is 11.3 Å². The number of amides is 1. The van der Waals surface area contributed by atoms with Crippen molar-refractivity contribution in [2.45, 2.75) is 12.3 Å². The third-order valence-electron chi connectivity index (χ3n) is 2.50. The number of hydrogen-bond donors (Lipinski definition) is 2. The minimum Gasteiger partial charge on any atom is -0.481 e. The average Bonchev–Trinajstić information content (AvgIpc) is 2.51. The first-order valence-corrected chi connectivity index (χ1v) is 5.75. The lowest BCUT2D eigenvalue weighted by Gasteiger charge is -2.09. The molecule has 1 unspecified atom stereocenters. The summed E-state index contributed by atoms with van der Waals surface area (Å²) in [6, 6.07) is 1.46. The minimum atomic E-state index is -1.08. The zero-order valence-corrected chi connectivity index (χ0v) is 10.5. The first kappa shape index (κ1) is 12.5. The van der Waals surface area contributed by atoms with Crippen LogP contribution in [0.25, 0.3) is 0 Å². The number of nitrogens with one attached hydrogen (secondary N) is 1. The van der Waals surface area contributed by atoms with Crippen LogP contribution in [-0.2, 0) is 9.59 Å². The van der Waals surface area contributed by atoms with E-state index in [1.807, 2.05) is 0 Å². The number of anilines is 1. The van der Waals surface area contributed by atoms with Crippen molar-refractivity contribution in [3.8, 4) is 0 Å². The summed E-state index contributed by atoms with van der Waals surface area (Å²) < 4.78 is 0. The molecule has 0 saturated heterocycles. The second kappa shape index (κ2) is 4.37. The van der Waals surface area contributed by atoms with Crippen LogP contribution < -0.4 is 5.32 Å². The largest absolute Gasteiger partial charge is 0.481 e. The van der Waals surface area contributed by atoms with Crippen LogP contribution in [0.2, 0.25) is 15.1 Å². The third-order valence-corrected chi connectivity index (χ3v) is 3.78. The van der Waals surface area contributed by atoms with Gasteiger partial charge in [-0.25, -0.2) is 0 Å². The van der Waals surface area contributed by atoms with Crippen LogP contribution in [0.4, 0.5) is 5.69 Å². The van der Waals surface area contributed by atoms with Crippen LogP contribution in [0.3, 0.4) is 0 Å². The number of benzene rings is 1. The Morgan fingerprint density at radius 2 is 2.00 bits per heavy atom. The second-order valence-electron chi connectivity index (χ2n) is 3.59. The molecule has 1 aromatic rings. The van der Waals surface area contributed by atoms with Crippen LogP contribution >= 0.6 is 34.8 Å². The van der Waals surface area contributed by atoms with Gasteiger partial charge in [0.25, 0.3) is 0 Å². The Hall–Kier alpha value is -0.970. The van der Waals surface area contributed by atoms with E-state index in [0.29, 0.717) is 11.3 Å². The molecule has 1 heterocycles. The molecule has 1 atom stereocenters. The first-order chi connectivity index (χ1) is 7.91. The van der Waals surface area contributed by atoms with Gasteiger partial charge in [0.15, 0.2) is 0 Å². The van der Waals surface area contributed by atoms with Crippen molar-refractivity contribution in [2.75, 3.05) is 5.32 Å². The van der Waals surface area contributed by atoms with E-state index < -0.39 is 17.8 Å². The van der Waals surface area contributed by atoms with E-state index >= 15 is 0 Å². The topological polar surface area (TPSA) is 66.4 Å². The summed E-state index contributed by atoms with van der Waals surface area (Å²) in [7, 11) is 0. The molecular formula is C10H6Cl3NO3. The molecule has 0 radical (unpaired) electrons. The lowest BCUT2D eigenvalue weighted by Crippen LogP contribution is -2.15. The van der Waals surface area contributed by atoms with Crippen molar-refractivity contribution in [3.05, 3.63) is 26.7 Å². The zero-order valence-electron chi connectivity index (χ0n) is 8.26. The van der Waals surface area contributed by atoms with Gasteiger partial charge in [-0.2, -0.15) is 0 Å². The number of halogens is 3. The fourth-order valence-corrected chi connectivity index (χ4v) is 2.52. The highest BCUT2D eigenvalue weighted by molar-refractivity contribution is 6.49. The third kappa shape index (κ3) is 2.08. The average molecular weight is 295 g/mol. The Balaban J connectivity index is 2.55. The molecule has 1 aliphatic heterocycles. The normalized spacial score (nSPS) is 17.8. The quantitative estimate of drug-likeness (QED) is 0.823. The number of aliphatic carboxylic acids is 1. The van der Waals surface area contributed by atoms with Gasteiger partial charge < -0.3 is 10.4 Å². The molecule has 2 rings (SSSR count). The highest BCUT2D eigenvalue weighted by Crippen LogP contribution is 2.45. The predicted octanol–water partition coefficient (Wildman–Crippen LogP) is 3.16. The van der Waals surface area contributed by atoms with Gasteiger partial charge in [0.1, 0.15) is 0 Å². The molecule has 0 saturated carbocycles. The minimum absolute atomic E-state index is 0.124. The van der Waals surface area contributed by atoms with Gasteiger partial charge >= 0.3 is 5.97 Å². The Morgan fingerprint density at radius 1 is 1.35 bits per heavy atom. The van der Waals surface area contributed by atoms with Gasteiger partial charge in [-0.3, -0.25) is 9.59 Å². The predicted molar refractivity (Wildman–Crippen MR) is 65.1 cm³/mol. The number of hydrogen-bond acceptors (Lipinski definition) is 2. The van der Waals surface area contributed by atoms with Gasteiger partial charge in [-0.05, 0) is 6.07 Å². The second-order valence-corrected chi connectivity index (χ2v) is 4.75. The standard InChI is InChI=1S/C10H6Cl3NO3/c11-4-2-5-7(9(13)8(4)12)3(1-6(15)16)10(17)14-5/h2-3H,1H2,(H,14,17)(H,15,16). The van der Waals surface area contributed by atoms with Gasteiger partial charge in [-0.1, -0.05) is 34.8 Å². The van der Waals surface area contributed by atoms with Crippen molar-refractivity contribution in [1.29, 1.82) is 0 Å². The Morgan fingerprint density at radius 3 is 2.59 bits per heavy atom. The number of carbonyl (C=O) groups is 2. The Labute approximate surface area is 111 Å². The van der Waals surface area contributed by atoms with Crippen LogP contribution in [-0.4, -0.2) is 17.0 Å². The van der Waals surface area contributed by atoms with E-state index in [9.17, 15) is 9.59 Å². The van der Waals surface area contributed by atoms with E-state index in [2.05, 4.69) is 5.32 Å². The molecule has 1 aliphatic rings. The summed E-state index contributed by atoms with van der Waals surface area (Å²) in [5.74, 6) is -2.33. The lowest BCUT2D eigenvalue weighted by molar-refractivity contribution is -0.138. The monoisotopic (exact) mass is 293 g/mol. The lowest BCUT2D eigenvalue weighted by atomic mass is 9.97. The molecule has 0 bridgehead atoms. The van der Waals surface area contributed by atoms with Crippen molar-refractivity contribution >= 4 is 52.4 Å². The van der Waals surface area contributed by atoms with E-state index in [0.717, 1.165) is 0 Å². The van der Waals surface area contributed by atoms with Crippen molar-refractivity contribution in [3.63, 3.8) is 0 Å². The molecule has 1 amide bonds. The van der Waals surface area contributed by atoms with Gasteiger partial charge in [0.05, 0.1) is 27.4 Å². The van der Waals surface area contributed by atoms with Gasteiger partial charge in [0.2, 0.25) is 5.91 Å².